The van der Waals surface area contributed by atoms with Crippen LogP contribution in [0.4, 0.5) is 0 Å². The van der Waals surface area contributed by atoms with Gasteiger partial charge in [-0.2, -0.15) is 16.9 Å². The standard InChI is InChI=1S/C9H15N3O2S/c13-5-1-6-15-7-4-10-9(14)8-2-3-11-12-8/h2-3,13H,1,4-7H2,(H,10,14)(H,11,12). The molecule has 0 aliphatic rings. The Hall–Kier alpha value is -1.01. The van der Waals surface area contributed by atoms with Crippen LogP contribution in [-0.2, 0) is 0 Å². The molecular weight excluding hydrogens is 214 g/mol. The van der Waals surface area contributed by atoms with Crippen molar-refractivity contribution in [2.24, 2.45) is 0 Å². The summed E-state index contributed by atoms with van der Waals surface area (Å²) in [5.41, 5.74) is 0.482. The summed E-state index contributed by atoms with van der Waals surface area (Å²) in [4.78, 5) is 11.4. The number of carbonyl (C=O) groups is 1. The number of hydrogen-bond donors (Lipinski definition) is 3. The Morgan fingerprint density at radius 3 is 3.13 bits per heavy atom. The zero-order valence-corrected chi connectivity index (χ0v) is 9.22. The van der Waals surface area contributed by atoms with Crippen LogP contribution in [0.2, 0.25) is 0 Å². The van der Waals surface area contributed by atoms with Crippen molar-refractivity contribution in [1.82, 2.24) is 15.5 Å². The van der Waals surface area contributed by atoms with Gasteiger partial charge < -0.3 is 10.4 Å². The highest BCUT2D eigenvalue weighted by atomic mass is 32.2. The molecule has 1 amide bonds. The summed E-state index contributed by atoms with van der Waals surface area (Å²) in [6.07, 6.45) is 2.35. The summed E-state index contributed by atoms with van der Waals surface area (Å²) in [6.45, 7) is 0.863. The lowest BCUT2D eigenvalue weighted by Gasteiger charge is -2.02. The molecule has 1 aromatic heterocycles. The summed E-state index contributed by atoms with van der Waals surface area (Å²) in [7, 11) is 0. The van der Waals surface area contributed by atoms with E-state index in [1.807, 2.05) is 0 Å². The fourth-order valence-electron chi connectivity index (χ4n) is 0.983. The van der Waals surface area contributed by atoms with Crippen LogP contribution in [0.1, 0.15) is 16.9 Å². The maximum atomic E-state index is 11.4. The topological polar surface area (TPSA) is 78.0 Å². The van der Waals surface area contributed by atoms with Crippen LogP contribution in [-0.4, -0.2) is 45.9 Å². The number of nitrogens with zero attached hydrogens (tertiary/aromatic N) is 1. The molecule has 15 heavy (non-hydrogen) atoms. The quantitative estimate of drug-likeness (QED) is 0.586. The molecule has 1 aromatic rings. The number of aliphatic hydroxyl groups is 1. The molecule has 1 rings (SSSR count). The van der Waals surface area contributed by atoms with Gasteiger partial charge in [0.1, 0.15) is 5.69 Å². The molecule has 0 radical (unpaired) electrons. The van der Waals surface area contributed by atoms with Gasteiger partial charge in [0, 0.05) is 25.1 Å². The predicted molar refractivity (Wildman–Crippen MR) is 59.9 cm³/mol. The van der Waals surface area contributed by atoms with Crippen molar-refractivity contribution >= 4 is 17.7 Å². The Bertz CT molecular complexity index is 277. The molecule has 0 fully saturated rings. The fraction of sp³-hybridized carbons (Fsp3) is 0.556. The highest BCUT2D eigenvalue weighted by Crippen LogP contribution is 2.00. The van der Waals surface area contributed by atoms with Crippen LogP contribution in [0.3, 0.4) is 0 Å². The maximum absolute atomic E-state index is 11.4. The third-order valence-electron chi connectivity index (χ3n) is 1.72. The van der Waals surface area contributed by atoms with Gasteiger partial charge in [-0.25, -0.2) is 0 Å². The Kier molecular flexibility index (Phi) is 5.87. The van der Waals surface area contributed by atoms with Gasteiger partial charge in [-0.05, 0) is 18.2 Å². The van der Waals surface area contributed by atoms with E-state index in [1.165, 1.54) is 0 Å². The predicted octanol–water partition coefficient (Wildman–Crippen LogP) is 0.255. The van der Waals surface area contributed by atoms with E-state index >= 15 is 0 Å². The van der Waals surface area contributed by atoms with Crippen molar-refractivity contribution < 1.29 is 9.90 Å². The first-order valence-corrected chi connectivity index (χ1v) is 5.96. The van der Waals surface area contributed by atoms with Crippen molar-refractivity contribution in [3.63, 3.8) is 0 Å². The van der Waals surface area contributed by atoms with E-state index in [0.29, 0.717) is 12.2 Å². The van der Waals surface area contributed by atoms with Crippen molar-refractivity contribution in [2.75, 3.05) is 24.7 Å². The van der Waals surface area contributed by atoms with Gasteiger partial charge in [0.25, 0.3) is 5.91 Å². The third-order valence-corrected chi connectivity index (χ3v) is 2.79. The minimum absolute atomic E-state index is 0.129. The van der Waals surface area contributed by atoms with E-state index < -0.39 is 0 Å². The molecule has 3 N–H and O–H groups in total. The van der Waals surface area contributed by atoms with Gasteiger partial charge >= 0.3 is 0 Å². The summed E-state index contributed by atoms with van der Waals surface area (Å²) >= 11 is 1.72. The number of rotatable bonds is 7. The first-order chi connectivity index (χ1) is 7.34. The number of hydrogen-bond acceptors (Lipinski definition) is 4. The van der Waals surface area contributed by atoms with Crippen LogP contribution in [0.5, 0.6) is 0 Å². The molecule has 84 valence electrons. The molecule has 0 saturated carbocycles. The SMILES string of the molecule is O=C(NCCSCCCO)c1ccn[nH]1. The van der Waals surface area contributed by atoms with E-state index in [-0.39, 0.29) is 12.5 Å². The van der Waals surface area contributed by atoms with Gasteiger partial charge in [-0.15, -0.1) is 0 Å². The van der Waals surface area contributed by atoms with Crippen LogP contribution < -0.4 is 5.32 Å². The Morgan fingerprint density at radius 2 is 2.47 bits per heavy atom. The Morgan fingerprint density at radius 1 is 1.60 bits per heavy atom. The Labute approximate surface area is 92.6 Å². The van der Waals surface area contributed by atoms with Crippen LogP contribution >= 0.6 is 11.8 Å². The maximum Gasteiger partial charge on any atom is 0.269 e. The van der Waals surface area contributed by atoms with Gasteiger partial charge in [0.05, 0.1) is 0 Å². The molecular formula is C9H15N3O2S. The number of nitrogens with one attached hydrogen (secondary N) is 2. The lowest BCUT2D eigenvalue weighted by Crippen LogP contribution is -2.26. The molecule has 0 aliphatic carbocycles. The van der Waals surface area contributed by atoms with Crippen molar-refractivity contribution in [3.8, 4) is 0 Å². The molecule has 6 heteroatoms. The minimum atomic E-state index is -0.129. The summed E-state index contributed by atoms with van der Waals surface area (Å²) < 4.78 is 0. The van der Waals surface area contributed by atoms with Crippen molar-refractivity contribution in [3.05, 3.63) is 18.0 Å². The molecule has 0 unspecified atom stereocenters. The second-order valence-electron chi connectivity index (χ2n) is 2.92. The summed E-state index contributed by atoms with van der Waals surface area (Å²) in [5.74, 6) is 1.66. The molecule has 0 aliphatic heterocycles. The van der Waals surface area contributed by atoms with Crippen LogP contribution in [0, 0.1) is 0 Å². The molecule has 0 spiro atoms. The number of carbonyl (C=O) groups excluding carboxylic acids is 1. The van der Waals surface area contributed by atoms with E-state index in [2.05, 4.69) is 15.5 Å². The number of amides is 1. The number of H-pyrrole nitrogens is 1. The zero-order chi connectivity index (χ0) is 10.9. The lowest BCUT2D eigenvalue weighted by atomic mass is 10.4. The number of aliphatic hydroxyl groups excluding tert-OH is 1. The monoisotopic (exact) mass is 229 g/mol. The molecule has 0 saturated heterocycles. The first-order valence-electron chi connectivity index (χ1n) is 4.81. The molecule has 5 nitrogen and oxygen atoms in total. The third kappa shape index (κ3) is 4.85. The van der Waals surface area contributed by atoms with E-state index in [4.69, 9.17) is 5.11 Å². The first kappa shape index (κ1) is 12.1. The van der Waals surface area contributed by atoms with Crippen LogP contribution in [0.15, 0.2) is 12.3 Å². The zero-order valence-electron chi connectivity index (χ0n) is 8.40. The highest BCUT2D eigenvalue weighted by molar-refractivity contribution is 7.99. The average molecular weight is 229 g/mol. The van der Waals surface area contributed by atoms with Gasteiger partial charge in [-0.1, -0.05) is 0 Å². The van der Waals surface area contributed by atoms with Gasteiger partial charge in [0.2, 0.25) is 0 Å². The van der Waals surface area contributed by atoms with Crippen molar-refractivity contribution in [2.45, 2.75) is 6.42 Å². The second kappa shape index (κ2) is 7.30. The van der Waals surface area contributed by atoms with Gasteiger partial charge in [0.15, 0.2) is 0 Å². The normalized spacial score (nSPS) is 10.2. The number of aromatic nitrogens is 2. The van der Waals surface area contributed by atoms with E-state index in [0.717, 1.165) is 17.9 Å². The Balaban J connectivity index is 2.03. The average Bonchev–Trinajstić information content (AvgIpc) is 2.76. The smallest absolute Gasteiger partial charge is 0.269 e. The molecule has 0 atom stereocenters. The number of thioether (sulfide) groups is 1. The number of aromatic amines is 1. The van der Waals surface area contributed by atoms with Gasteiger partial charge in [-0.3, -0.25) is 9.89 Å². The largest absolute Gasteiger partial charge is 0.396 e. The molecule has 0 aromatic carbocycles. The fourth-order valence-corrected chi connectivity index (χ4v) is 1.77. The van der Waals surface area contributed by atoms with E-state index in [1.54, 1.807) is 24.0 Å². The summed E-state index contributed by atoms with van der Waals surface area (Å²) in [5, 5.41) is 17.6. The lowest BCUT2D eigenvalue weighted by molar-refractivity contribution is 0.0951. The second-order valence-corrected chi connectivity index (χ2v) is 4.14. The molecule has 1 heterocycles. The highest BCUT2D eigenvalue weighted by Gasteiger charge is 2.04. The summed E-state index contributed by atoms with van der Waals surface area (Å²) in [6, 6.07) is 1.63. The van der Waals surface area contributed by atoms with E-state index in [9.17, 15) is 4.79 Å². The molecule has 0 bridgehead atoms. The minimum Gasteiger partial charge on any atom is -0.396 e. The van der Waals surface area contributed by atoms with Crippen molar-refractivity contribution in [1.29, 1.82) is 0 Å². The van der Waals surface area contributed by atoms with Crippen LogP contribution in [0.25, 0.3) is 0 Å².